The van der Waals surface area contributed by atoms with Crippen LogP contribution in [0.25, 0.3) is 16.7 Å². The Balaban J connectivity index is 1.00. The van der Waals surface area contributed by atoms with E-state index in [4.69, 9.17) is 5.10 Å². The molecule has 204 valence electrons. The fourth-order valence-electron chi connectivity index (χ4n) is 6.86. The van der Waals surface area contributed by atoms with Gasteiger partial charge in [0, 0.05) is 23.7 Å². The Morgan fingerprint density at radius 3 is 2.45 bits per heavy atom. The van der Waals surface area contributed by atoms with Crippen molar-refractivity contribution in [3.8, 4) is 11.1 Å². The summed E-state index contributed by atoms with van der Waals surface area (Å²) in [5.41, 5.74) is 16.0. The predicted molar refractivity (Wildman–Crippen MR) is 175 cm³/mol. The van der Waals surface area contributed by atoms with Gasteiger partial charge in [0.15, 0.2) is 0 Å². The number of rotatable bonds is 5. The van der Waals surface area contributed by atoms with Gasteiger partial charge in [-0.3, -0.25) is 0 Å². The van der Waals surface area contributed by atoms with Gasteiger partial charge in [0.2, 0.25) is 0 Å². The zero-order chi connectivity index (χ0) is 27.9. The number of allylic oxidation sites excluding steroid dienone is 6. The topological polar surface area (TPSA) is 27.6 Å². The molecule has 2 heterocycles. The standard InChI is InChI=1S/C39H33N3/c1-2-10-27(11-3-1)30-12-8-13-31(24-30)28-20-22-29(23-21-28)36-26-37(41-40-36)32-14-9-15-33(25-32)42-38-18-6-4-16-34(38)35-17-5-7-19-39(35)42/h2,4-25,34,37-38,41H,1,3,26H2/t34?,37-,38?/m1/s1. The average Bonchev–Trinajstić information content (AvgIpc) is 3.69. The summed E-state index contributed by atoms with van der Waals surface area (Å²) < 4.78 is 0. The summed E-state index contributed by atoms with van der Waals surface area (Å²) in [6.45, 7) is 0. The molecule has 1 N–H and O–H groups in total. The number of hydrogen-bond donors (Lipinski definition) is 1. The van der Waals surface area contributed by atoms with Crippen molar-refractivity contribution in [3.63, 3.8) is 0 Å². The van der Waals surface area contributed by atoms with Crippen molar-refractivity contribution in [1.82, 2.24) is 5.43 Å². The van der Waals surface area contributed by atoms with E-state index in [1.807, 2.05) is 0 Å². The number of benzene rings is 4. The third-order valence-corrected chi connectivity index (χ3v) is 9.01. The van der Waals surface area contributed by atoms with E-state index in [-0.39, 0.29) is 6.04 Å². The van der Waals surface area contributed by atoms with E-state index in [0.29, 0.717) is 12.0 Å². The van der Waals surface area contributed by atoms with Gasteiger partial charge < -0.3 is 10.3 Å². The molecule has 4 aromatic rings. The highest BCUT2D eigenvalue weighted by Crippen LogP contribution is 2.47. The molecule has 3 nitrogen and oxygen atoms in total. The van der Waals surface area contributed by atoms with Crippen LogP contribution < -0.4 is 10.3 Å². The Hall–Kier alpha value is -4.89. The van der Waals surface area contributed by atoms with Crippen LogP contribution in [0.5, 0.6) is 0 Å². The molecule has 0 spiro atoms. The maximum atomic E-state index is 4.79. The molecule has 0 aromatic heterocycles. The zero-order valence-corrected chi connectivity index (χ0v) is 23.5. The molecular formula is C39H33N3. The van der Waals surface area contributed by atoms with Gasteiger partial charge in [0.1, 0.15) is 0 Å². The molecule has 2 unspecified atom stereocenters. The molecule has 42 heavy (non-hydrogen) atoms. The molecule has 2 aliphatic carbocycles. The van der Waals surface area contributed by atoms with E-state index in [0.717, 1.165) is 25.0 Å². The molecule has 0 fully saturated rings. The van der Waals surface area contributed by atoms with Crippen LogP contribution in [-0.4, -0.2) is 11.8 Å². The Bertz CT molecular complexity index is 1800. The van der Waals surface area contributed by atoms with Crippen LogP contribution in [0.4, 0.5) is 11.4 Å². The van der Waals surface area contributed by atoms with Crippen molar-refractivity contribution < 1.29 is 0 Å². The number of nitrogens with zero attached hydrogens (tertiary/aromatic N) is 2. The molecule has 0 radical (unpaired) electrons. The molecule has 0 saturated carbocycles. The molecule has 0 bridgehead atoms. The van der Waals surface area contributed by atoms with Crippen molar-refractivity contribution in [2.24, 2.45) is 5.10 Å². The van der Waals surface area contributed by atoms with Gasteiger partial charge in [0.25, 0.3) is 0 Å². The van der Waals surface area contributed by atoms with E-state index < -0.39 is 0 Å². The number of hydrogen-bond acceptors (Lipinski definition) is 3. The lowest BCUT2D eigenvalue weighted by molar-refractivity contribution is 0.619. The number of fused-ring (bicyclic) bond motifs is 3. The maximum Gasteiger partial charge on any atom is 0.0746 e. The minimum absolute atomic E-state index is 0.156. The molecule has 0 amide bonds. The first-order valence-corrected chi connectivity index (χ1v) is 15.0. The second kappa shape index (κ2) is 10.5. The fraction of sp³-hybridized carbons (Fsp3) is 0.154. The van der Waals surface area contributed by atoms with Crippen LogP contribution in [-0.2, 0) is 0 Å². The highest BCUT2D eigenvalue weighted by atomic mass is 15.3. The highest BCUT2D eigenvalue weighted by Gasteiger charge is 2.37. The van der Waals surface area contributed by atoms with Crippen LogP contribution in [0.15, 0.2) is 145 Å². The van der Waals surface area contributed by atoms with Gasteiger partial charge >= 0.3 is 0 Å². The van der Waals surface area contributed by atoms with E-state index in [2.05, 4.69) is 150 Å². The zero-order valence-electron chi connectivity index (χ0n) is 23.5. The van der Waals surface area contributed by atoms with Gasteiger partial charge in [0.05, 0.1) is 17.8 Å². The van der Waals surface area contributed by atoms with Crippen molar-refractivity contribution in [1.29, 1.82) is 0 Å². The van der Waals surface area contributed by atoms with Crippen LogP contribution in [0, 0.1) is 0 Å². The Labute approximate surface area is 247 Å². The Kier molecular flexibility index (Phi) is 6.22. The summed E-state index contributed by atoms with van der Waals surface area (Å²) in [5, 5.41) is 4.79. The third-order valence-electron chi connectivity index (χ3n) is 9.01. The average molecular weight is 544 g/mol. The van der Waals surface area contributed by atoms with Gasteiger partial charge in [-0.1, -0.05) is 115 Å². The highest BCUT2D eigenvalue weighted by molar-refractivity contribution is 6.02. The van der Waals surface area contributed by atoms with E-state index in [9.17, 15) is 0 Å². The van der Waals surface area contributed by atoms with Crippen LogP contribution in [0.2, 0.25) is 0 Å². The summed E-state index contributed by atoms with van der Waals surface area (Å²) in [6.07, 6.45) is 19.0. The lowest BCUT2D eigenvalue weighted by atomic mass is 9.91. The van der Waals surface area contributed by atoms with Crippen LogP contribution in [0.3, 0.4) is 0 Å². The smallest absolute Gasteiger partial charge is 0.0746 e. The van der Waals surface area contributed by atoms with E-state index >= 15 is 0 Å². The molecule has 3 atom stereocenters. The monoisotopic (exact) mass is 543 g/mol. The number of hydrazone groups is 1. The minimum atomic E-state index is 0.156. The van der Waals surface area contributed by atoms with Crippen molar-refractivity contribution >= 4 is 22.7 Å². The number of nitrogens with one attached hydrogen (secondary N) is 1. The summed E-state index contributed by atoms with van der Waals surface area (Å²) in [6, 6.07) is 36.0. The SMILES string of the molecule is C1=CC2c3ccccc3N(c3cccc([C@H]4CC(c5ccc(-c6cccc(C7=CCCC=C7)c6)cc5)=NN4)c3)C2C=C1. The van der Waals surface area contributed by atoms with E-state index in [1.165, 1.54) is 50.3 Å². The molecule has 4 aliphatic rings. The van der Waals surface area contributed by atoms with Gasteiger partial charge in [-0.05, 0) is 76.1 Å². The molecule has 0 saturated heterocycles. The van der Waals surface area contributed by atoms with Gasteiger partial charge in [-0.25, -0.2) is 0 Å². The van der Waals surface area contributed by atoms with E-state index in [1.54, 1.807) is 0 Å². The molecule has 8 rings (SSSR count). The first-order valence-electron chi connectivity index (χ1n) is 15.0. The second-order valence-corrected chi connectivity index (χ2v) is 11.6. The Morgan fingerprint density at radius 2 is 1.55 bits per heavy atom. The quantitative estimate of drug-likeness (QED) is 0.272. The van der Waals surface area contributed by atoms with Gasteiger partial charge in [-0.2, -0.15) is 5.10 Å². The van der Waals surface area contributed by atoms with Crippen molar-refractivity contribution in [2.45, 2.75) is 37.3 Å². The van der Waals surface area contributed by atoms with Crippen LogP contribution in [0.1, 0.15) is 53.5 Å². The lowest BCUT2D eigenvalue weighted by Crippen LogP contribution is -2.28. The molecule has 4 aromatic carbocycles. The minimum Gasteiger partial charge on any atom is -0.333 e. The molecular weight excluding hydrogens is 510 g/mol. The van der Waals surface area contributed by atoms with Gasteiger partial charge in [-0.15, -0.1) is 0 Å². The Morgan fingerprint density at radius 1 is 0.714 bits per heavy atom. The summed E-state index contributed by atoms with van der Waals surface area (Å²) in [7, 11) is 0. The summed E-state index contributed by atoms with van der Waals surface area (Å²) >= 11 is 0. The predicted octanol–water partition coefficient (Wildman–Crippen LogP) is 9.26. The summed E-state index contributed by atoms with van der Waals surface area (Å²) in [4.78, 5) is 2.50. The van der Waals surface area contributed by atoms with Crippen LogP contribution >= 0.6 is 0 Å². The molecule has 2 aliphatic heterocycles. The maximum absolute atomic E-state index is 4.79. The second-order valence-electron chi connectivity index (χ2n) is 11.6. The number of para-hydroxylation sites is 1. The normalized spacial score (nSPS) is 21.9. The first-order chi connectivity index (χ1) is 20.8. The fourth-order valence-corrected chi connectivity index (χ4v) is 6.86. The molecule has 3 heteroatoms. The summed E-state index contributed by atoms with van der Waals surface area (Å²) in [5.74, 6) is 0.390. The first kappa shape index (κ1) is 24.9. The van der Waals surface area contributed by atoms with Crippen molar-refractivity contribution in [3.05, 3.63) is 162 Å². The lowest BCUT2D eigenvalue weighted by Gasteiger charge is -2.29. The van der Waals surface area contributed by atoms with Crippen molar-refractivity contribution in [2.75, 3.05) is 4.90 Å². The number of anilines is 2. The largest absolute Gasteiger partial charge is 0.333 e. The third kappa shape index (κ3) is 4.42.